The molecule has 3 unspecified atom stereocenters. The number of amides is 2. The molecule has 0 rings (SSSR count). The summed E-state index contributed by atoms with van der Waals surface area (Å²) in [6.07, 6.45) is 32.1. The smallest absolute Gasteiger partial charge is 0.462 e. The molecular formula is C49H95N2O10P. The minimum Gasteiger partial charge on any atom is -0.462 e. The van der Waals surface area contributed by atoms with Gasteiger partial charge in [0.1, 0.15) is 11.7 Å². The number of nitrogens with one attached hydrogen (secondary N) is 2. The van der Waals surface area contributed by atoms with Crippen LogP contribution in [0.5, 0.6) is 0 Å². The average molecular weight is 903 g/mol. The van der Waals surface area contributed by atoms with Crippen molar-refractivity contribution in [1.82, 2.24) is 10.6 Å². The fourth-order valence-electron chi connectivity index (χ4n) is 6.95. The molecule has 0 aliphatic heterocycles. The second-order valence-corrected chi connectivity index (χ2v) is 19.6. The first-order valence-electron chi connectivity index (χ1n) is 25.1. The van der Waals surface area contributed by atoms with Crippen molar-refractivity contribution in [2.75, 3.05) is 39.6 Å². The molecule has 13 heteroatoms. The molecule has 0 aromatic carbocycles. The highest BCUT2D eigenvalue weighted by Crippen LogP contribution is 2.49. The predicted octanol–water partition coefficient (Wildman–Crippen LogP) is 13.6. The summed E-state index contributed by atoms with van der Waals surface area (Å²) in [6.45, 7) is 15.5. The summed E-state index contributed by atoms with van der Waals surface area (Å²) in [5.41, 5.74) is -0.669. The predicted molar refractivity (Wildman–Crippen MR) is 253 cm³/mol. The van der Waals surface area contributed by atoms with Crippen LogP contribution in [0.15, 0.2) is 12.7 Å². The van der Waals surface area contributed by atoms with Crippen LogP contribution in [0.2, 0.25) is 0 Å². The molecule has 3 atom stereocenters. The minimum absolute atomic E-state index is 0.00544. The Morgan fingerprint density at radius 1 is 0.613 bits per heavy atom. The maximum Gasteiger partial charge on any atom is 0.475 e. The van der Waals surface area contributed by atoms with E-state index >= 15 is 0 Å². The summed E-state index contributed by atoms with van der Waals surface area (Å²) in [6, 6.07) is -0.652. The molecule has 0 aromatic rings. The molecular weight excluding hydrogens is 808 g/mol. The van der Waals surface area contributed by atoms with Gasteiger partial charge in [-0.2, -0.15) is 0 Å². The number of phosphoric ester groups is 1. The standard InChI is InChI=1S/C49H95N2O10P/c1-8-12-15-18-20-22-23-25-26-29-32-35-46(52)51-44(43-59-62(55,57-39-11-4)58-41-38-50-48(54)61-49(5,6)7)42-56-40-37-45(34-31-28-17-14-10-3)60-47(53)36-33-30-27-24-21-19-16-13-9-2/h11,44-45H,4,8-10,12-43H2,1-3,5-7H3,(H,50,54)(H,51,52). The molecule has 0 bridgehead atoms. The molecule has 0 saturated heterocycles. The highest BCUT2D eigenvalue weighted by Gasteiger charge is 2.29. The van der Waals surface area contributed by atoms with Crippen molar-refractivity contribution < 1.29 is 46.7 Å². The van der Waals surface area contributed by atoms with E-state index in [1.54, 1.807) is 20.8 Å². The van der Waals surface area contributed by atoms with Gasteiger partial charge in [0.2, 0.25) is 5.91 Å². The van der Waals surface area contributed by atoms with E-state index in [1.165, 1.54) is 109 Å². The number of hydrogen-bond acceptors (Lipinski definition) is 10. The second-order valence-electron chi connectivity index (χ2n) is 17.9. The molecule has 366 valence electrons. The molecule has 12 nitrogen and oxygen atoms in total. The summed E-state index contributed by atoms with van der Waals surface area (Å²) >= 11 is 0. The lowest BCUT2D eigenvalue weighted by atomic mass is 10.1. The highest BCUT2D eigenvalue weighted by atomic mass is 31.2. The monoisotopic (exact) mass is 903 g/mol. The van der Waals surface area contributed by atoms with Crippen LogP contribution in [0.25, 0.3) is 0 Å². The Balaban J connectivity index is 5.32. The molecule has 0 aliphatic rings. The first-order valence-corrected chi connectivity index (χ1v) is 26.5. The largest absolute Gasteiger partial charge is 0.475 e. The van der Waals surface area contributed by atoms with Gasteiger partial charge >= 0.3 is 19.9 Å². The SMILES string of the molecule is C=CCOP(=O)(OCCNC(=O)OC(C)(C)C)OCC(COCCC(CCCCCCC)OC(=O)CCCCCCCCCCC)NC(=O)CCCCCCCCCCCCC. The second kappa shape index (κ2) is 41.7. The van der Waals surface area contributed by atoms with Crippen LogP contribution >= 0.6 is 7.82 Å². The van der Waals surface area contributed by atoms with Crippen molar-refractivity contribution in [3.8, 4) is 0 Å². The van der Waals surface area contributed by atoms with E-state index in [9.17, 15) is 18.9 Å². The van der Waals surface area contributed by atoms with Crippen LogP contribution in [0.1, 0.15) is 228 Å². The van der Waals surface area contributed by atoms with E-state index in [2.05, 4.69) is 38.0 Å². The molecule has 2 N–H and O–H groups in total. The molecule has 0 spiro atoms. The van der Waals surface area contributed by atoms with E-state index in [4.69, 9.17) is 27.8 Å². The average Bonchev–Trinajstić information content (AvgIpc) is 3.22. The summed E-state index contributed by atoms with van der Waals surface area (Å²) in [5.74, 6) is -0.290. The van der Waals surface area contributed by atoms with Gasteiger partial charge in [-0.25, -0.2) is 9.36 Å². The van der Waals surface area contributed by atoms with Crippen molar-refractivity contribution >= 4 is 25.8 Å². The normalized spacial score (nSPS) is 13.6. The molecule has 0 aliphatic carbocycles. The molecule has 0 saturated carbocycles. The molecule has 0 radical (unpaired) electrons. The van der Waals surface area contributed by atoms with Crippen LogP contribution in [-0.2, 0) is 41.9 Å². The van der Waals surface area contributed by atoms with Crippen molar-refractivity contribution in [2.45, 2.75) is 245 Å². The van der Waals surface area contributed by atoms with E-state index < -0.39 is 25.6 Å². The van der Waals surface area contributed by atoms with Gasteiger partial charge in [0.15, 0.2) is 0 Å². The van der Waals surface area contributed by atoms with Crippen LogP contribution in [0.3, 0.4) is 0 Å². The fourth-order valence-corrected chi connectivity index (χ4v) is 8.13. The quantitative estimate of drug-likeness (QED) is 0.0262. The van der Waals surface area contributed by atoms with Crippen molar-refractivity contribution in [1.29, 1.82) is 0 Å². The first-order chi connectivity index (χ1) is 29.9. The van der Waals surface area contributed by atoms with E-state index in [0.717, 1.165) is 64.2 Å². The molecule has 0 fully saturated rings. The maximum absolute atomic E-state index is 13.6. The Morgan fingerprint density at radius 3 is 1.63 bits per heavy atom. The van der Waals surface area contributed by atoms with Gasteiger partial charge in [-0.1, -0.05) is 168 Å². The van der Waals surface area contributed by atoms with Crippen molar-refractivity contribution in [3.63, 3.8) is 0 Å². The number of alkyl carbamates (subject to hydrolysis) is 1. The Labute approximate surface area is 379 Å². The topological polar surface area (TPSA) is 148 Å². The number of phosphoric acid groups is 1. The van der Waals surface area contributed by atoms with Crippen LogP contribution in [0, 0.1) is 0 Å². The van der Waals surface area contributed by atoms with Gasteiger partial charge in [-0.05, 0) is 46.5 Å². The minimum atomic E-state index is -4.12. The molecule has 2 amide bonds. The number of unbranched alkanes of at least 4 members (excludes halogenated alkanes) is 22. The highest BCUT2D eigenvalue weighted by molar-refractivity contribution is 7.48. The Kier molecular flexibility index (Phi) is 40.4. The Bertz CT molecular complexity index is 1130. The maximum atomic E-state index is 13.6. The van der Waals surface area contributed by atoms with Crippen molar-refractivity contribution in [3.05, 3.63) is 12.7 Å². The van der Waals surface area contributed by atoms with Crippen molar-refractivity contribution in [2.24, 2.45) is 0 Å². The number of carbonyl (C=O) groups is 3. The third-order valence-electron chi connectivity index (χ3n) is 10.5. The van der Waals surface area contributed by atoms with E-state index in [1.807, 2.05) is 0 Å². The molecule has 0 aromatic heterocycles. The zero-order chi connectivity index (χ0) is 46.0. The third kappa shape index (κ3) is 40.8. The van der Waals surface area contributed by atoms with Crippen LogP contribution in [-0.4, -0.2) is 75.3 Å². The number of carbonyl (C=O) groups excluding carboxylic acids is 3. The van der Waals surface area contributed by atoms with Crippen LogP contribution in [0.4, 0.5) is 4.79 Å². The number of rotatable bonds is 45. The zero-order valence-corrected chi connectivity index (χ0v) is 41.6. The summed E-state index contributed by atoms with van der Waals surface area (Å²) in [7, 11) is -4.12. The first kappa shape index (κ1) is 60.0. The van der Waals surface area contributed by atoms with E-state index in [-0.39, 0.29) is 51.0 Å². The Hall–Kier alpha value is -1.98. The lowest BCUT2D eigenvalue weighted by molar-refractivity contribution is -0.150. The molecule has 62 heavy (non-hydrogen) atoms. The number of ether oxygens (including phenoxy) is 3. The molecule has 0 heterocycles. The van der Waals surface area contributed by atoms with Gasteiger partial charge in [-0.3, -0.25) is 23.2 Å². The van der Waals surface area contributed by atoms with Gasteiger partial charge in [-0.15, -0.1) is 6.58 Å². The van der Waals surface area contributed by atoms with Gasteiger partial charge in [0.05, 0.1) is 39.1 Å². The van der Waals surface area contributed by atoms with E-state index in [0.29, 0.717) is 25.9 Å². The number of hydrogen-bond donors (Lipinski definition) is 2. The summed E-state index contributed by atoms with van der Waals surface area (Å²) in [5, 5.41) is 5.57. The van der Waals surface area contributed by atoms with Gasteiger partial charge < -0.3 is 24.8 Å². The van der Waals surface area contributed by atoms with Gasteiger partial charge in [0.25, 0.3) is 0 Å². The lowest BCUT2D eigenvalue weighted by Gasteiger charge is -2.23. The van der Waals surface area contributed by atoms with Crippen LogP contribution < -0.4 is 10.6 Å². The zero-order valence-electron chi connectivity index (χ0n) is 40.7. The fraction of sp³-hybridized carbons (Fsp3) is 0.898. The summed E-state index contributed by atoms with van der Waals surface area (Å²) in [4.78, 5) is 38.1. The number of esters is 1. The van der Waals surface area contributed by atoms with Gasteiger partial charge in [0, 0.05) is 25.8 Å². The lowest BCUT2D eigenvalue weighted by Crippen LogP contribution is -2.41. The third-order valence-corrected chi connectivity index (χ3v) is 11.9. The Morgan fingerprint density at radius 2 is 1.11 bits per heavy atom. The summed E-state index contributed by atoms with van der Waals surface area (Å²) < 4.78 is 47.7.